The molecule has 1 aromatic carbocycles. The molecule has 0 aliphatic rings. The molecule has 0 amide bonds. The summed E-state index contributed by atoms with van der Waals surface area (Å²) in [4.78, 5) is 18.4. The van der Waals surface area contributed by atoms with Crippen LogP contribution in [0.1, 0.15) is 10.4 Å². The van der Waals surface area contributed by atoms with Crippen LogP contribution in [-0.2, 0) is 0 Å². The molecule has 2 rings (SSSR count). The lowest BCUT2D eigenvalue weighted by atomic mass is 10.3. The van der Waals surface area contributed by atoms with Crippen molar-refractivity contribution in [2.75, 3.05) is 12.4 Å². The Balaban J connectivity index is 2.10. The van der Waals surface area contributed by atoms with Crippen molar-refractivity contribution in [3.05, 3.63) is 42.2 Å². The molecule has 1 N–H and O–H groups in total. The molecule has 0 unspecified atom stereocenters. The molecule has 86 valence electrons. The lowest BCUT2D eigenvalue weighted by Gasteiger charge is -2.05. The van der Waals surface area contributed by atoms with E-state index in [0.717, 1.165) is 11.4 Å². The van der Waals surface area contributed by atoms with Crippen molar-refractivity contribution >= 4 is 17.9 Å². The summed E-state index contributed by atoms with van der Waals surface area (Å²) in [5.74, 6) is 1.23. The predicted octanol–water partition coefficient (Wildman–Crippen LogP) is 2.04. The molecule has 5 heteroatoms. The molecular formula is C12H11N3O2. The molecule has 1 aromatic heterocycles. The van der Waals surface area contributed by atoms with Crippen LogP contribution in [0.3, 0.4) is 0 Å². The number of nitrogens with one attached hydrogen (secondary N) is 1. The van der Waals surface area contributed by atoms with Gasteiger partial charge in [-0.1, -0.05) is 0 Å². The average Bonchev–Trinajstić information content (AvgIpc) is 2.40. The van der Waals surface area contributed by atoms with Gasteiger partial charge in [-0.25, -0.2) is 9.97 Å². The third-order valence-electron chi connectivity index (χ3n) is 2.15. The predicted molar refractivity (Wildman–Crippen MR) is 63.7 cm³/mol. The largest absolute Gasteiger partial charge is 0.497 e. The molecule has 0 aliphatic carbocycles. The van der Waals surface area contributed by atoms with Gasteiger partial charge in [0.1, 0.15) is 5.75 Å². The van der Waals surface area contributed by atoms with Gasteiger partial charge in [0.2, 0.25) is 5.95 Å². The normalized spacial score (nSPS) is 9.71. The van der Waals surface area contributed by atoms with Crippen LogP contribution < -0.4 is 10.1 Å². The van der Waals surface area contributed by atoms with Gasteiger partial charge in [0.15, 0.2) is 6.29 Å². The molecule has 2 aromatic rings. The second-order valence-electron chi connectivity index (χ2n) is 3.31. The van der Waals surface area contributed by atoms with Crippen LogP contribution in [0.15, 0.2) is 36.7 Å². The fraction of sp³-hybridized carbons (Fsp3) is 0.0833. The summed E-state index contributed by atoms with van der Waals surface area (Å²) in [6.45, 7) is 0. The van der Waals surface area contributed by atoms with Gasteiger partial charge in [-0.2, -0.15) is 0 Å². The van der Waals surface area contributed by atoms with Gasteiger partial charge >= 0.3 is 0 Å². The molecule has 0 saturated carbocycles. The zero-order valence-corrected chi connectivity index (χ0v) is 9.25. The van der Waals surface area contributed by atoms with Crippen LogP contribution in [0, 0.1) is 0 Å². The maximum atomic E-state index is 10.4. The minimum atomic E-state index is 0.445. The topological polar surface area (TPSA) is 64.1 Å². The maximum absolute atomic E-state index is 10.4. The van der Waals surface area contributed by atoms with E-state index in [1.165, 1.54) is 12.4 Å². The molecule has 0 fully saturated rings. The molecule has 0 spiro atoms. The Bertz CT molecular complexity index is 494. The minimum absolute atomic E-state index is 0.445. The highest BCUT2D eigenvalue weighted by Crippen LogP contribution is 2.17. The summed E-state index contributed by atoms with van der Waals surface area (Å²) in [5.41, 5.74) is 1.30. The zero-order valence-electron chi connectivity index (χ0n) is 9.25. The van der Waals surface area contributed by atoms with Crippen molar-refractivity contribution in [3.63, 3.8) is 0 Å². The Morgan fingerprint density at radius 1 is 1.18 bits per heavy atom. The van der Waals surface area contributed by atoms with E-state index in [-0.39, 0.29) is 0 Å². The number of aldehydes is 1. The summed E-state index contributed by atoms with van der Waals surface area (Å²) in [6, 6.07) is 7.38. The molecule has 0 aliphatic heterocycles. The van der Waals surface area contributed by atoms with E-state index in [4.69, 9.17) is 4.74 Å². The summed E-state index contributed by atoms with van der Waals surface area (Å²) >= 11 is 0. The lowest BCUT2D eigenvalue weighted by Crippen LogP contribution is -1.97. The van der Waals surface area contributed by atoms with E-state index in [9.17, 15) is 4.79 Å². The number of ether oxygens (including phenoxy) is 1. The van der Waals surface area contributed by atoms with Crippen LogP contribution in [-0.4, -0.2) is 23.4 Å². The van der Waals surface area contributed by atoms with E-state index in [1.54, 1.807) is 7.11 Å². The molecule has 0 atom stereocenters. The Morgan fingerprint density at radius 3 is 2.35 bits per heavy atom. The number of methoxy groups -OCH3 is 1. The summed E-state index contributed by atoms with van der Waals surface area (Å²) < 4.78 is 5.05. The fourth-order valence-corrected chi connectivity index (χ4v) is 1.27. The molecule has 5 nitrogen and oxygen atoms in total. The van der Waals surface area contributed by atoms with Crippen molar-refractivity contribution in [1.29, 1.82) is 0 Å². The second-order valence-corrected chi connectivity index (χ2v) is 3.31. The Morgan fingerprint density at radius 2 is 1.82 bits per heavy atom. The number of hydrogen-bond acceptors (Lipinski definition) is 5. The zero-order chi connectivity index (χ0) is 12.1. The molecular weight excluding hydrogens is 218 g/mol. The van der Waals surface area contributed by atoms with E-state index < -0.39 is 0 Å². The highest BCUT2D eigenvalue weighted by atomic mass is 16.5. The summed E-state index contributed by atoms with van der Waals surface area (Å²) in [7, 11) is 1.61. The Kier molecular flexibility index (Phi) is 3.30. The minimum Gasteiger partial charge on any atom is -0.497 e. The Hall–Kier alpha value is -2.43. The number of aromatic nitrogens is 2. The average molecular weight is 229 g/mol. The smallest absolute Gasteiger partial charge is 0.227 e. The van der Waals surface area contributed by atoms with Gasteiger partial charge in [0.25, 0.3) is 0 Å². The van der Waals surface area contributed by atoms with Gasteiger partial charge < -0.3 is 10.1 Å². The molecule has 17 heavy (non-hydrogen) atoms. The fourth-order valence-electron chi connectivity index (χ4n) is 1.27. The van der Waals surface area contributed by atoms with Gasteiger partial charge in [-0.15, -0.1) is 0 Å². The lowest BCUT2D eigenvalue weighted by molar-refractivity contribution is 0.112. The SMILES string of the molecule is COc1ccc(Nc2ncc(C=O)cn2)cc1. The monoisotopic (exact) mass is 229 g/mol. The number of carbonyl (C=O) groups is 1. The standard InChI is InChI=1S/C12H11N3O2/c1-17-11-4-2-10(3-5-11)15-12-13-6-9(8-16)7-14-12/h2-8H,1H3,(H,13,14,15). The summed E-state index contributed by atoms with van der Waals surface area (Å²) in [6.07, 6.45) is 3.63. The number of carbonyl (C=O) groups excluding carboxylic acids is 1. The number of rotatable bonds is 4. The van der Waals surface area contributed by atoms with Crippen molar-refractivity contribution < 1.29 is 9.53 Å². The van der Waals surface area contributed by atoms with E-state index >= 15 is 0 Å². The first-order valence-electron chi connectivity index (χ1n) is 5.00. The first kappa shape index (κ1) is 11.1. The third-order valence-corrected chi connectivity index (χ3v) is 2.15. The van der Waals surface area contributed by atoms with E-state index in [2.05, 4.69) is 15.3 Å². The molecule has 1 heterocycles. The van der Waals surface area contributed by atoms with Crippen molar-refractivity contribution in [2.24, 2.45) is 0 Å². The molecule has 0 radical (unpaired) electrons. The maximum Gasteiger partial charge on any atom is 0.227 e. The van der Waals surface area contributed by atoms with Crippen LogP contribution >= 0.6 is 0 Å². The van der Waals surface area contributed by atoms with E-state index in [0.29, 0.717) is 17.8 Å². The Labute approximate surface area is 98.5 Å². The third kappa shape index (κ3) is 2.78. The second kappa shape index (κ2) is 5.07. The van der Waals surface area contributed by atoms with Gasteiger partial charge in [-0.05, 0) is 24.3 Å². The quantitative estimate of drug-likeness (QED) is 0.813. The molecule has 0 bridgehead atoms. The number of benzene rings is 1. The van der Waals surface area contributed by atoms with Crippen molar-refractivity contribution in [3.8, 4) is 5.75 Å². The van der Waals surface area contributed by atoms with Crippen LogP contribution in [0.25, 0.3) is 0 Å². The van der Waals surface area contributed by atoms with Crippen LogP contribution in [0.4, 0.5) is 11.6 Å². The number of nitrogens with zero attached hydrogens (tertiary/aromatic N) is 2. The highest BCUT2D eigenvalue weighted by molar-refractivity contribution is 5.73. The highest BCUT2D eigenvalue weighted by Gasteiger charge is 1.98. The first-order chi connectivity index (χ1) is 8.31. The number of anilines is 2. The van der Waals surface area contributed by atoms with Crippen LogP contribution in [0.5, 0.6) is 5.75 Å². The first-order valence-corrected chi connectivity index (χ1v) is 5.00. The van der Waals surface area contributed by atoms with Crippen LogP contribution in [0.2, 0.25) is 0 Å². The van der Waals surface area contributed by atoms with Crippen molar-refractivity contribution in [1.82, 2.24) is 9.97 Å². The summed E-state index contributed by atoms with van der Waals surface area (Å²) in [5, 5.41) is 3.01. The van der Waals surface area contributed by atoms with E-state index in [1.807, 2.05) is 24.3 Å². The molecule has 0 saturated heterocycles. The number of hydrogen-bond donors (Lipinski definition) is 1. The van der Waals surface area contributed by atoms with Gasteiger partial charge in [0, 0.05) is 18.1 Å². The van der Waals surface area contributed by atoms with Gasteiger partial charge in [0.05, 0.1) is 12.7 Å². The van der Waals surface area contributed by atoms with Crippen molar-refractivity contribution in [2.45, 2.75) is 0 Å². The van der Waals surface area contributed by atoms with Gasteiger partial charge in [-0.3, -0.25) is 4.79 Å².